The van der Waals surface area contributed by atoms with Gasteiger partial charge in [-0.2, -0.15) is 0 Å². The minimum absolute atomic E-state index is 0.149. The predicted molar refractivity (Wildman–Crippen MR) is 54.8 cm³/mol. The molecule has 12 heavy (non-hydrogen) atoms. The van der Waals surface area contributed by atoms with Crippen molar-refractivity contribution in [2.24, 2.45) is 0 Å². The maximum atomic E-state index is 9.40. The molecule has 1 atom stereocenters. The molecule has 0 bridgehead atoms. The van der Waals surface area contributed by atoms with Crippen molar-refractivity contribution in [1.29, 1.82) is 0 Å². The second kappa shape index (κ2) is 4.47. The van der Waals surface area contributed by atoms with E-state index in [4.69, 9.17) is 23.2 Å². The SMILES string of the molecule is O[C@@H](CCl)c1cccc(Br)c1Cl. The highest BCUT2D eigenvalue weighted by Gasteiger charge is 2.11. The van der Waals surface area contributed by atoms with E-state index in [1.807, 2.05) is 6.07 Å². The summed E-state index contributed by atoms with van der Waals surface area (Å²) in [7, 11) is 0. The van der Waals surface area contributed by atoms with Gasteiger partial charge in [0, 0.05) is 10.0 Å². The zero-order valence-electron chi connectivity index (χ0n) is 6.10. The molecule has 0 aromatic heterocycles. The molecule has 0 amide bonds. The van der Waals surface area contributed by atoms with Gasteiger partial charge in [0.05, 0.1) is 17.0 Å². The molecule has 0 spiro atoms. The molecular formula is C8H7BrCl2O. The molecule has 1 N–H and O–H groups in total. The van der Waals surface area contributed by atoms with Gasteiger partial charge in [-0.15, -0.1) is 11.6 Å². The Morgan fingerprint density at radius 2 is 2.17 bits per heavy atom. The van der Waals surface area contributed by atoms with Crippen LogP contribution >= 0.6 is 39.1 Å². The summed E-state index contributed by atoms with van der Waals surface area (Å²) in [6, 6.07) is 5.37. The molecule has 0 heterocycles. The molecule has 1 nitrogen and oxygen atoms in total. The lowest BCUT2D eigenvalue weighted by atomic mass is 10.1. The molecule has 0 aliphatic rings. The van der Waals surface area contributed by atoms with Crippen LogP contribution in [0.15, 0.2) is 22.7 Å². The van der Waals surface area contributed by atoms with Crippen LogP contribution in [-0.4, -0.2) is 11.0 Å². The topological polar surface area (TPSA) is 20.2 Å². The number of benzene rings is 1. The van der Waals surface area contributed by atoms with Gasteiger partial charge in [0.15, 0.2) is 0 Å². The number of rotatable bonds is 2. The summed E-state index contributed by atoms with van der Waals surface area (Å²) < 4.78 is 0.769. The third-order valence-corrected chi connectivity index (χ3v) is 3.09. The van der Waals surface area contributed by atoms with Crippen LogP contribution in [0.5, 0.6) is 0 Å². The fourth-order valence-corrected chi connectivity index (χ4v) is 1.66. The van der Waals surface area contributed by atoms with Gasteiger partial charge in [0.2, 0.25) is 0 Å². The zero-order chi connectivity index (χ0) is 9.14. The summed E-state index contributed by atoms with van der Waals surface area (Å²) in [5.74, 6) is 0.149. The van der Waals surface area contributed by atoms with Crippen molar-refractivity contribution in [3.63, 3.8) is 0 Å². The summed E-state index contributed by atoms with van der Waals surface area (Å²) >= 11 is 14.6. The molecule has 0 aliphatic carbocycles. The fourth-order valence-electron chi connectivity index (χ4n) is 0.861. The van der Waals surface area contributed by atoms with Gasteiger partial charge in [0.1, 0.15) is 0 Å². The highest BCUT2D eigenvalue weighted by Crippen LogP contribution is 2.30. The zero-order valence-corrected chi connectivity index (χ0v) is 9.20. The smallest absolute Gasteiger partial charge is 0.0940 e. The van der Waals surface area contributed by atoms with Gasteiger partial charge in [-0.3, -0.25) is 0 Å². The Hall–Kier alpha value is 0.240. The molecule has 0 saturated carbocycles. The Bertz CT molecular complexity index is 278. The fraction of sp³-hybridized carbons (Fsp3) is 0.250. The van der Waals surface area contributed by atoms with E-state index in [0.29, 0.717) is 10.6 Å². The van der Waals surface area contributed by atoms with E-state index in [-0.39, 0.29) is 5.88 Å². The number of aliphatic hydroxyl groups excluding tert-OH is 1. The van der Waals surface area contributed by atoms with Crippen molar-refractivity contribution in [3.05, 3.63) is 33.3 Å². The first-order valence-corrected chi connectivity index (χ1v) is 5.05. The normalized spacial score (nSPS) is 13.0. The third kappa shape index (κ3) is 2.13. The van der Waals surface area contributed by atoms with Crippen LogP contribution in [-0.2, 0) is 0 Å². The summed E-state index contributed by atoms with van der Waals surface area (Å²) in [5, 5.41) is 9.92. The minimum atomic E-state index is -0.698. The molecule has 0 fully saturated rings. The Balaban J connectivity index is 3.07. The average Bonchev–Trinajstić information content (AvgIpc) is 2.08. The van der Waals surface area contributed by atoms with E-state index in [1.54, 1.807) is 12.1 Å². The van der Waals surface area contributed by atoms with E-state index in [9.17, 15) is 5.11 Å². The third-order valence-electron chi connectivity index (χ3n) is 1.49. The largest absolute Gasteiger partial charge is 0.387 e. The molecule has 1 rings (SSSR count). The van der Waals surface area contributed by atoms with E-state index < -0.39 is 6.10 Å². The van der Waals surface area contributed by atoms with Gasteiger partial charge in [-0.25, -0.2) is 0 Å². The number of halogens is 3. The molecule has 0 radical (unpaired) electrons. The molecule has 66 valence electrons. The van der Waals surface area contributed by atoms with Crippen LogP contribution in [0.25, 0.3) is 0 Å². The van der Waals surface area contributed by atoms with E-state index >= 15 is 0 Å². The molecule has 4 heteroatoms. The van der Waals surface area contributed by atoms with E-state index in [2.05, 4.69) is 15.9 Å². The van der Waals surface area contributed by atoms with Crippen molar-refractivity contribution in [1.82, 2.24) is 0 Å². The molecule has 0 unspecified atom stereocenters. The number of hydrogen-bond donors (Lipinski definition) is 1. The van der Waals surface area contributed by atoms with Crippen LogP contribution in [0.2, 0.25) is 5.02 Å². The minimum Gasteiger partial charge on any atom is -0.387 e. The second-order valence-corrected chi connectivity index (χ2v) is 3.85. The first-order valence-electron chi connectivity index (χ1n) is 3.34. The van der Waals surface area contributed by atoms with Crippen LogP contribution in [0.3, 0.4) is 0 Å². The van der Waals surface area contributed by atoms with E-state index in [1.165, 1.54) is 0 Å². The molecule has 0 aliphatic heterocycles. The molecule has 1 aromatic carbocycles. The average molecular weight is 270 g/mol. The summed E-state index contributed by atoms with van der Waals surface area (Å²) in [6.45, 7) is 0. The lowest BCUT2D eigenvalue weighted by Gasteiger charge is -2.09. The Kier molecular flexibility index (Phi) is 3.84. The van der Waals surface area contributed by atoms with Gasteiger partial charge in [0.25, 0.3) is 0 Å². The molecular weight excluding hydrogens is 263 g/mol. The van der Waals surface area contributed by atoms with Gasteiger partial charge in [-0.05, 0) is 22.0 Å². The van der Waals surface area contributed by atoms with Gasteiger partial charge in [-0.1, -0.05) is 23.7 Å². The highest BCUT2D eigenvalue weighted by atomic mass is 79.9. The van der Waals surface area contributed by atoms with Crippen molar-refractivity contribution in [2.75, 3.05) is 5.88 Å². The lowest BCUT2D eigenvalue weighted by Crippen LogP contribution is -1.99. The maximum Gasteiger partial charge on any atom is 0.0940 e. The van der Waals surface area contributed by atoms with Crippen LogP contribution < -0.4 is 0 Å². The van der Waals surface area contributed by atoms with Crippen LogP contribution in [0, 0.1) is 0 Å². The van der Waals surface area contributed by atoms with Crippen molar-refractivity contribution in [3.8, 4) is 0 Å². The van der Waals surface area contributed by atoms with Crippen molar-refractivity contribution in [2.45, 2.75) is 6.10 Å². The summed E-state index contributed by atoms with van der Waals surface area (Å²) in [4.78, 5) is 0. The predicted octanol–water partition coefficient (Wildman–Crippen LogP) is 3.37. The Labute approximate surface area is 89.4 Å². The standard InChI is InChI=1S/C8H7BrCl2O/c9-6-3-1-2-5(8(6)11)7(12)4-10/h1-3,7,12H,4H2/t7-/m0/s1. The van der Waals surface area contributed by atoms with Gasteiger partial charge < -0.3 is 5.11 Å². The number of alkyl halides is 1. The quantitative estimate of drug-likeness (QED) is 0.817. The van der Waals surface area contributed by atoms with Crippen molar-refractivity contribution < 1.29 is 5.11 Å². The van der Waals surface area contributed by atoms with Crippen molar-refractivity contribution >= 4 is 39.1 Å². The molecule has 0 saturated heterocycles. The van der Waals surface area contributed by atoms with Crippen LogP contribution in [0.1, 0.15) is 11.7 Å². The lowest BCUT2D eigenvalue weighted by molar-refractivity contribution is 0.202. The highest BCUT2D eigenvalue weighted by molar-refractivity contribution is 9.10. The maximum absolute atomic E-state index is 9.40. The number of aliphatic hydroxyl groups is 1. The first-order chi connectivity index (χ1) is 5.66. The summed E-state index contributed by atoms with van der Waals surface area (Å²) in [6.07, 6.45) is -0.698. The van der Waals surface area contributed by atoms with Crippen LogP contribution in [0.4, 0.5) is 0 Å². The number of hydrogen-bond acceptors (Lipinski definition) is 1. The Morgan fingerprint density at radius 3 is 2.75 bits per heavy atom. The summed E-state index contributed by atoms with van der Waals surface area (Å²) in [5.41, 5.74) is 0.654. The Morgan fingerprint density at radius 1 is 1.50 bits per heavy atom. The van der Waals surface area contributed by atoms with E-state index in [0.717, 1.165) is 4.47 Å². The molecule has 1 aromatic rings. The van der Waals surface area contributed by atoms with Gasteiger partial charge >= 0.3 is 0 Å². The second-order valence-electron chi connectivity index (χ2n) is 2.31. The first kappa shape index (κ1) is 10.3. The monoisotopic (exact) mass is 268 g/mol.